The molecule has 0 amide bonds. The van der Waals surface area contributed by atoms with Crippen molar-refractivity contribution in [1.29, 1.82) is 0 Å². The number of halogens is 3. The van der Waals surface area contributed by atoms with Crippen LogP contribution in [0, 0.1) is 17.5 Å². The third-order valence-electron chi connectivity index (χ3n) is 2.02. The zero-order valence-corrected chi connectivity index (χ0v) is 7.82. The predicted octanol–water partition coefficient (Wildman–Crippen LogP) is 1.54. The van der Waals surface area contributed by atoms with Crippen LogP contribution in [0.1, 0.15) is 17.4 Å². The maximum atomic E-state index is 12.9. The summed E-state index contributed by atoms with van der Waals surface area (Å²) in [6.07, 6.45) is 1.03. The van der Waals surface area contributed by atoms with Crippen molar-refractivity contribution in [3.63, 3.8) is 0 Å². The molecule has 0 bridgehead atoms. The molecule has 2 aromatic rings. The highest BCUT2D eigenvalue weighted by Crippen LogP contribution is 2.20. The molecule has 0 saturated heterocycles. The summed E-state index contributed by atoms with van der Waals surface area (Å²) in [6, 6.07) is 0.613. The third-order valence-corrected chi connectivity index (χ3v) is 2.02. The Balaban J connectivity index is 2.42. The molecule has 1 aromatic carbocycles. The van der Waals surface area contributed by atoms with Gasteiger partial charge >= 0.3 is 0 Å². The van der Waals surface area contributed by atoms with E-state index in [4.69, 9.17) is 5.73 Å². The molecule has 2 rings (SSSR count). The Morgan fingerprint density at radius 1 is 1.19 bits per heavy atom. The molecule has 0 radical (unpaired) electrons. The molecule has 0 saturated carbocycles. The minimum absolute atomic E-state index is 0.0257. The summed E-state index contributed by atoms with van der Waals surface area (Å²) in [5.74, 6) is -4.10. The molecule has 1 unspecified atom stereocenters. The van der Waals surface area contributed by atoms with Crippen molar-refractivity contribution in [2.75, 3.05) is 0 Å². The summed E-state index contributed by atoms with van der Waals surface area (Å²) < 4.78 is 42.9. The van der Waals surface area contributed by atoms with Crippen molar-refractivity contribution >= 4 is 0 Å². The first-order valence-electron chi connectivity index (χ1n) is 4.26. The molecule has 0 aliphatic rings. The second kappa shape index (κ2) is 3.93. The van der Waals surface area contributed by atoms with E-state index >= 15 is 0 Å². The molecule has 1 heterocycles. The van der Waals surface area contributed by atoms with Crippen LogP contribution in [0.5, 0.6) is 0 Å². The summed E-state index contributed by atoms with van der Waals surface area (Å²) in [6.45, 7) is 0. The van der Waals surface area contributed by atoms with E-state index in [-0.39, 0.29) is 11.4 Å². The molecule has 84 valence electrons. The number of hydrogen-bond donors (Lipinski definition) is 1. The van der Waals surface area contributed by atoms with Crippen molar-refractivity contribution in [3.8, 4) is 0 Å². The third kappa shape index (κ3) is 1.76. The van der Waals surface area contributed by atoms with Crippen molar-refractivity contribution in [2.45, 2.75) is 6.04 Å². The van der Waals surface area contributed by atoms with Gasteiger partial charge in [-0.2, -0.15) is 4.98 Å². The van der Waals surface area contributed by atoms with Gasteiger partial charge in [0.25, 0.3) is 0 Å². The minimum atomic E-state index is -1.54. The highest BCUT2D eigenvalue weighted by Gasteiger charge is 2.18. The number of nitrogens with two attached hydrogens (primary N) is 1. The van der Waals surface area contributed by atoms with Gasteiger partial charge in [-0.05, 0) is 17.7 Å². The van der Waals surface area contributed by atoms with Crippen LogP contribution in [-0.4, -0.2) is 10.1 Å². The van der Waals surface area contributed by atoms with E-state index in [1.54, 1.807) is 0 Å². The van der Waals surface area contributed by atoms with Gasteiger partial charge in [0.15, 0.2) is 23.3 Å². The summed E-state index contributed by atoms with van der Waals surface area (Å²) in [7, 11) is 0. The fourth-order valence-electron chi connectivity index (χ4n) is 1.22. The maximum Gasteiger partial charge on any atom is 0.213 e. The van der Waals surface area contributed by atoms with Crippen molar-refractivity contribution in [1.82, 2.24) is 10.1 Å². The minimum Gasteiger partial charge on any atom is -0.343 e. The molecule has 2 N–H and O–H groups in total. The van der Waals surface area contributed by atoms with Crippen molar-refractivity contribution in [2.24, 2.45) is 5.73 Å². The van der Waals surface area contributed by atoms with E-state index in [1.807, 2.05) is 0 Å². The Morgan fingerprint density at radius 3 is 2.31 bits per heavy atom. The topological polar surface area (TPSA) is 64.9 Å². The van der Waals surface area contributed by atoms with Crippen LogP contribution < -0.4 is 5.73 Å². The van der Waals surface area contributed by atoms with Crippen molar-refractivity contribution in [3.05, 3.63) is 47.4 Å². The van der Waals surface area contributed by atoms with Gasteiger partial charge in [-0.1, -0.05) is 5.16 Å². The van der Waals surface area contributed by atoms with E-state index in [9.17, 15) is 13.2 Å². The molecule has 0 aliphatic heterocycles. The number of aromatic nitrogens is 2. The highest BCUT2D eigenvalue weighted by atomic mass is 19.2. The Labute approximate surface area is 87.9 Å². The second-order valence-electron chi connectivity index (χ2n) is 3.07. The van der Waals surface area contributed by atoms with Gasteiger partial charge in [0.1, 0.15) is 0 Å². The summed E-state index contributed by atoms with van der Waals surface area (Å²) >= 11 is 0. The standard InChI is InChI=1S/C9H6F3N3O/c10-5-1-4(2-6(11)7(5)12)8(13)9-14-3-16-15-9/h1-3,8H,13H2. The quantitative estimate of drug-likeness (QED) is 0.793. The average molecular weight is 229 g/mol. The first-order valence-corrected chi connectivity index (χ1v) is 4.26. The van der Waals surface area contributed by atoms with E-state index < -0.39 is 23.5 Å². The normalized spacial score (nSPS) is 12.8. The molecule has 7 heteroatoms. The number of hydrogen-bond acceptors (Lipinski definition) is 4. The van der Waals surface area contributed by atoms with Gasteiger partial charge < -0.3 is 10.3 Å². The van der Waals surface area contributed by atoms with Gasteiger partial charge in [0.05, 0.1) is 6.04 Å². The summed E-state index contributed by atoms with van der Waals surface area (Å²) in [4.78, 5) is 3.63. The Morgan fingerprint density at radius 2 is 1.81 bits per heavy atom. The van der Waals surface area contributed by atoms with E-state index in [2.05, 4.69) is 14.7 Å². The maximum absolute atomic E-state index is 12.9. The molecular formula is C9H6F3N3O. The highest BCUT2D eigenvalue weighted by molar-refractivity contribution is 5.26. The second-order valence-corrected chi connectivity index (χ2v) is 3.07. The fourth-order valence-corrected chi connectivity index (χ4v) is 1.22. The van der Waals surface area contributed by atoms with Crippen LogP contribution >= 0.6 is 0 Å². The largest absolute Gasteiger partial charge is 0.343 e. The lowest BCUT2D eigenvalue weighted by Crippen LogP contribution is -2.14. The van der Waals surface area contributed by atoms with Gasteiger partial charge in [0.2, 0.25) is 6.39 Å². The number of nitrogens with zero attached hydrogens (tertiary/aromatic N) is 2. The zero-order valence-electron chi connectivity index (χ0n) is 7.82. The first-order chi connectivity index (χ1) is 7.59. The molecule has 0 aliphatic carbocycles. The lowest BCUT2D eigenvalue weighted by Gasteiger charge is -2.08. The van der Waals surface area contributed by atoms with Crippen LogP contribution in [-0.2, 0) is 0 Å². The van der Waals surface area contributed by atoms with Crippen LogP contribution in [0.25, 0.3) is 0 Å². The van der Waals surface area contributed by atoms with Crippen LogP contribution in [0.15, 0.2) is 23.0 Å². The SMILES string of the molecule is NC(c1cc(F)c(F)c(F)c1)c1ncon1. The summed E-state index contributed by atoms with van der Waals surface area (Å²) in [5, 5.41) is 3.42. The van der Waals surface area contributed by atoms with Gasteiger partial charge in [-0.25, -0.2) is 13.2 Å². The molecule has 4 nitrogen and oxygen atoms in total. The monoisotopic (exact) mass is 229 g/mol. The van der Waals surface area contributed by atoms with Crippen LogP contribution in [0.3, 0.4) is 0 Å². The van der Waals surface area contributed by atoms with E-state index in [0.29, 0.717) is 0 Å². The lowest BCUT2D eigenvalue weighted by molar-refractivity contribution is 0.406. The van der Waals surface area contributed by atoms with Crippen molar-refractivity contribution < 1.29 is 17.7 Å². The van der Waals surface area contributed by atoms with Crippen LogP contribution in [0.4, 0.5) is 13.2 Å². The molecule has 1 aromatic heterocycles. The molecule has 16 heavy (non-hydrogen) atoms. The van der Waals surface area contributed by atoms with E-state index in [0.717, 1.165) is 18.5 Å². The van der Waals surface area contributed by atoms with Gasteiger partial charge in [-0.15, -0.1) is 0 Å². The van der Waals surface area contributed by atoms with Crippen LogP contribution in [0.2, 0.25) is 0 Å². The Kier molecular flexibility index (Phi) is 2.61. The predicted molar refractivity (Wildman–Crippen MR) is 46.6 cm³/mol. The molecule has 0 spiro atoms. The Bertz CT molecular complexity index is 478. The van der Waals surface area contributed by atoms with Gasteiger partial charge in [0, 0.05) is 0 Å². The number of benzene rings is 1. The first kappa shape index (κ1) is 10.6. The number of rotatable bonds is 2. The molecule has 0 fully saturated rings. The average Bonchev–Trinajstić information content (AvgIpc) is 2.77. The van der Waals surface area contributed by atoms with Gasteiger partial charge in [-0.3, -0.25) is 0 Å². The smallest absolute Gasteiger partial charge is 0.213 e. The Hall–Kier alpha value is -1.89. The van der Waals surface area contributed by atoms with E-state index in [1.165, 1.54) is 0 Å². The zero-order chi connectivity index (χ0) is 11.7. The lowest BCUT2D eigenvalue weighted by atomic mass is 10.1. The fraction of sp³-hybridized carbons (Fsp3) is 0.111. The molecular weight excluding hydrogens is 223 g/mol. The molecule has 1 atom stereocenters. The summed E-state index contributed by atoms with van der Waals surface area (Å²) in [5.41, 5.74) is 5.63.